The first-order chi connectivity index (χ1) is 9.88. The lowest BCUT2D eigenvalue weighted by Gasteiger charge is -2.22. The number of thioether (sulfide) groups is 1. The van der Waals surface area contributed by atoms with Crippen molar-refractivity contribution in [3.63, 3.8) is 0 Å². The lowest BCUT2D eigenvalue weighted by atomic mass is 9.93. The number of hydrogen-bond donors (Lipinski definition) is 5. The molecule has 8 nitrogen and oxygen atoms in total. The van der Waals surface area contributed by atoms with E-state index in [2.05, 4.69) is 10.3 Å². The molecule has 5 atom stereocenters. The van der Waals surface area contributed by atoms with Crippen LogP contribution in [0.15, 0.2) is 4.99 Å². The van der Waals surface area contributed by atoms with Gasteiger partial charge in [0, 0.05) is 23.6 Å². The van der Waals surface area contributed by atoms with E-state index in [0.29, 0.717) is 18.7 Å². The fourth-order valence-electron chi connectivity index (χ4n) is 2.48. The highest BCUT2D eigenvalue weighted by Crippen LogP contribution is 2.30. The van der Waals surface area contributed by atoms with Crippen molar-refractivity contribution in [1.82, 2.24) is 5.32 Å². The number of aliphatic imine (C=N–C) groups is 1. The van der Waals surface area contributed by atoms with Crippen molar-refractivity contribution in [2.75, 3.05) is 12.3 Å². The number of hydrogen-bond acceptors (Lipinski definition) is 6. The second-order valence-corrected chi connectivity index (χ2v) is 6.24. The van der Waals surface area contributed by atoms with E-state index in [1.807, 2.05) is 0 Å². The number of aliphatic hydroxyl groups is 1. The molecule has 0 aromatic rings. The van der Waals surface area contributed by atoms with Crippen LogP contribution in [0.1, 0.15) is 13.3 Å². The number of aliphatic hydroxyl groups excluding tert-OH is 1. The van der Waals surface area contributed by atoms with Gasteiger partial charge in [0.1, 0.15) is 6.04 Å². The second-order valence-electron chi connectivity index (χ2n) is 4.89. The molecular weight excluding hydrogens is 298 g/mol. The number of nitrogens with zero attached hydrogens (tertiary/aromatic N) is 1. The SMILES string of the molecule is C[C@@H](O)[C@@H](C(=O)O)[C@H]1C[C@@H](SCCN=CN)C(C(=O)O)N1. The van der Waals surface area contributed by atoms with Crippen molar-refractivity contribution in [2.45, 2.75) is 36.8 Å². The van der Waals surface area contributed by atoms with Gasteiger partial charge in [0.15, 0.2) is 0 Å². The van der Waals surface area contributed by atoms with Gasteiger partial charge in [-0.1, -0.05) is 0 Å². The predicted molar refractivity (Wildman–Crippen MR) is 79.6 cm³/mol. The van der Waals surface area contributed by atoms with Crippen LogP contribution in [-0.4, -0.2) is 69.3 Å². The Hall–Kier alpha value is -1.32. The van der Waals surface area contributed by atoms with Crippen LogP contribution >= 0.6 is 11.8 Å². The Morgan fingerprint density at radius 3 is 2.67 bits per heavy atom. The number of carbonyl (C=O) groups is 2. The van der Waals surface area contributed by atoms with Crippen LogP contribution in [0.3, 0.4) is 0 Å². The summed E-state index contributed by atoms with van der Waals surface area (Å²) in [5.74, 6) is -2.58. The molecule has 0 radical (unpaired) electrons. The fourth-order valence-corrected chi connectivity index (χ4v) is 3.73. The second kappa shape index (κ2) is 8.20. The Balaban J connectivity index is 2.71. The van der Waals surface area contributed by atoms with Crippen molar-refractivity contribution in [3.8, 4) is 0 Å². The van der Waals surface area contributed by atoms with Gasteiger partial charge < -0.3 is 21.1 Å². The van der Waals surface area contributed by atoms with E-state index in [0.717, 1.165) is 0 Å². The molecule has 1 fully saturated rings. The van der Waals surface area contributed by atoms with E-state index >= 15 is 0 Å². The van der Waals surface area contributed by atoms with E-state index in [9.17, 15) is 24.9 Å². The first kappa shape index (κ1) is 17.7. The first-order valence-corrected chi connectivity index (χ1v) is 7.64. The van der Waals surface area contributed by atoms with Crippen LogP contribution in [0.2, 0.25) is 0 Å². The molecule has 1 rings (SSSR count). The van der Waals surface area contributed by atoms with Crippen LogP contribution in [0.5, 0.6) is 0 Å². The van der Waals surface area contributed by atoms with Crippen LogP contribution in [0.4, 0.5) is 0 Å². The maximum absolute atomic E-state index is 11.3. The zero-order valence-corrected chi connectivity index (χ0v) is 12.5. The highest BCUT2D eigenvalue weighted by atomic mass is 32.2. The summed E-state index contributed by atoms with van der Waals surface area (Å²) < 4.78 is 0. The molecule has 0 bridgehead atoms. The fraction of sp³-hybridized carbons (Fsp3) is 0.750. The topological polar surface area (TPSA) is 145 Å². The summed E-state index contributed by atoms with van der Waals surface area (Å²) in [5.41, 5.74) is 5.13. The summed E-state index contributed by atoms with van der Waals surface area (Å²) in [5, 5.41) is 30.6. The summed E-state index contributed by atoms with van der Waals surface area (Å²) in [6.07, 6.45) is 0.509. The van der Waals surface area contributed by atoms with Crippen molar-refractivity contribution in [3.05, 3.63) is 0 Å². The third-order valence-electron chi connectivity index (χ3n) is 3.41. The Morgan fingerprint density at radius 2 is 2.19 bits per heavy atom. The van der Waals surface area contributed by atoms with Crippen molar-refractivity contribution in [2.24, 2.45) is 16.6 Å². The Labute approximate surface area is 126 Å². The molecule has 21 heavy (non-hydrogen) atoms. The van der Waals surface area contributed by atoms with Gasteiger partial charge in [-0.15, -0.1) is 0 Å². The minimum Gasteiger partial charge on any atom is -0.481 e. The number of nitrogens with two attached hydrogens (primary N) is 1. The monoisotopic (exact) mass is 319 g/mol. The third-order valence-corrected chi connectivity index (χ3v) is 4.72. The van der Waals surface area contributed by atoms with E-state index in [-0.39, 0.29) is 5.25 Å². The van der Waals surface area contributed by atoms with Crippen LogP contribution in [0, 0.1) is 5.92 Å². The van der Waals surface area contributed by atoms with Gasteiger partial charge in [0.05, 0.1) is 18.4 Å². The number of carboxylic acids is 2. The molecule has 0 amide bonds. The molecule has 120 valence electrons. The molecule has 0 saturated carbocycles. The molecule has 1 saturated heterocycles. The lowest BCUT2D eigenvalue weighted by molar-refractivity contribution is -0.147. The average molecular weight is 319 g/mol. The molecule has 9 heteroatoms. The first-order valence-electron chi connectivity index (χ1n) is 6.59. The van der Waals surface area contributed by atoms with Crippen molar-refractivity contribution in [1.29, 1.82) is 0 Å². The van der Waals surface area contributed by atoms with Gasteiger partial charge in [-0.2, -0.15) is 11.8 Å². The molecular formula is C12H21N3O5S. The molecule has 1 aliphatic rings. The Bertz CT molecular complexity index is 404. The summed E-state index contributed by atoms with van der Waals surface area (Å²) in [6, 6.07) is -1.40. The minimum absolute atomic E-state index is 0.263. The molecule has 6 N–H and O–H groups in total. The van der Waals surface area contributed by atoms with Gasteiger partial charge >= 0.3 is 11.9 Å². The Kier molecular flexibility index (Phi) is 6.93. The normalized spacial score (nSPS) is 28.6. The summed E-state index contributed by atoms with van der Waals surface area (Å²) in [4.78, 5) is 26.3. The van der Waals surface area contributed by atoms with E-state index in [4.69, 9.17) is 5.73 Å². The lowest BCUT2D eigenvalue weighted by Crippen LogP contribution is -2.46. The molecule has 0 aromatic heterocycles. The molecule has 1 unspecified atom stereocenters. The maximum atomic E-state index is 11.3. The Morgan fingerprint density at radius 1 is 1.52 bits per heavy atom. The van der Waals surface area contributed by atoms with E-state index in [1.54, 1.807) is 0 Å². The van der Waals surface area contributed by atoms with E-state index in [1.165, 1.54) is 25.0 Å². The van der Waals surface area contributed by atoms with Crippen molar-refractivity contribution < 1.29 is 24.9 Å². The smallest absolute Gasteiger partial charge is 0.321 e. The number of carboxylic acid groups (broad SMARTS) is 2. The van der Waals surface area contributed by atoms with Crippen LogP contribution in [-0.2, 0) is 9.59 Å². The molecule has 1 heterocycles. The quantitative estimate of drug-likeness (QED) is 0.217. The van der Waals surface area contributed by atoms with Crippen molar-refractivity contribution >= 4 is 30.0 Å². The van der Waals surface area contributed by atoms with Crippen LogP contribution in [0.25, 0.3) is 0 Å². The number of aliphatic carboxylic acids is 2. The minimum atomic E-state index is -1.13. The predicted octanol–water partition coefficient (Wildman–Crippen LogP) is -1.03. The zero-order valence-electron chi connectivity index (χ0n) is 11.7. The summed E-state index contributed by atoms with van der Waals surface area (Å²) >= 11 is 1.42. The molecule has 0 spiro atoms. The standard InChI is InChI=1S/C12H21N3O5S/c1-6(16)9(11(17)18)7-4-8(10(15-7)12(19)20)21-3-2-14-5-13/h5-10,15-16H,2-4H2,1H3,(H2,13,14)(H,17,18)(H,19,20)/t6-,7-,8-,9-,10?/m1/s1. The molecule has 1 aliphatic heterocycles. The summed E-state index contributed by atoms with van der Waals surface area (Å²) in [6.45, 7) is 1.88. The van der Waals surface area contributed by atoms with Gasteiger partial charge in [-0.3, -0.25) is 19.9 Å². The van der Waals surface area contributed by atoms with Gasteiger partial charge in [-0.05, 0) is 13.3 Å². The average Bonchev–Trinajstić information content (AvgIpc) is 2.77. The van der Waals surface area contributed by atoms with Crippen LogP contribution < -0.4 is 11.1 Å². The maximum Gasteiger partial charge on any atom is 0.321 e. The number of rotatable bonds is 8. The highest BCUT2D eigenvalue weighted by molar-refractivity contribution is 8.00. The van der Waals surface area contributed by atoms with E-state index < -0.39 is 36.0 Å². The third kappa shape index (κ3) is 4.87. The highest BCUT2D eigenvalue weighted by Gasteiger charge is 2.44. The summed E-state index contributed by atoms with van der Waals surface area (Å²) in [7, 11) is 0. The van der Waals surface area contributed by atoms with Gasteiger partial charge in [0.25, 0.3) is 0 Å². The largest absolute Gasteiger partial charge is 0.481 e. The van der Waals surface area contributed by atoms with Gasteiger partial charge in [0.2, 0.25) is 0 Å². The molecule has 0 aliphatic carbocycles. The van der Waals surface area contributed by atoms with Gasteiger partial charge in [-0.25, -0.2) is 0 Å². The molecule has 0 aromatic carbocycles. The number of nitrogens with one attached hydrogen (secondary N) is 1. The zero-order chi connectivity index (χ0) is 16.0.